The van der Waals surface area contributed by atoms with Gasteiger partial charge in [-0.25, -0.2) is 0 Å². The molecule has 0 radical (unpaired) electrons. The van der Waals surface area contributed by atoms with Crippen molar-refractivity contribution in [1.29, 1.82) is 0 Å². The average Bonchev–Trinajstić information content (AvgIpc) is 2.97. The molecule has 0 aromatic rings. The van der Waals surface area contributed by atoms with Crippen LogP contribution in [0, 0.1) is 34.5 Å². The molecule has 7 atom stereocenters. The minimum Gasteiger partial charge on any atom is -0.481 e. The molecule has 4 rings (SSSR count). The van der Waals surface area contributed by atoms with E-state index in [-0.39, 0.29) is 53.7 Å². The first-order valence-electron chi connectivity index (χ1n) is 11.0. The van der Waals surface area contributed by atoms with Gasteiger partial charge < -0.3 is 14.9 Å². The summed E-state index contributed by atoms with van der Waals surface area (Å²) in [5.41, 5.74) is -0.818. The van der Waals surface area contributed by atoms with E-state index in [1.165, 1.54) is 7.11 Å². The predicted molar refractivity (Wildman–Crippen MR) is 109 cm³/mol. The Balaban J connectivity index is 1.78. The Bertz CT molecular complexity index is 843. The van der Waals surface area contributed by atoms with Crippen LogP contribution in [0.5, 0.6) is 0 Å². The van der Waals surface area contributed by atoms with Gasteiger partial charge in [0.15, 0.2) is 5.78 Å². The summed E-state index contributed by atoms with van der Waals surface area (Å²) in [6, 6.07) is 0. The minimum absolute atomic E-state index is 0.00153. The number of carbonyl (C=O) groups is 3. The first kappa shape index (κ1) is 21.3. The van der Waals surface area contributed by atoms with Gasteiger partial charge in [-0.2, -0.15) is 0 Å². The van der Waals surface area contributed by atoms with Crippen molar-refractivity contribution >= 4 is 17.7 Å². The third kappa shape index (κ3) is 2.90. The summed E-state index contributed by atoms with van der Waals surface area (Å²) in [6.45, 7) is 4.22. The van der Waals surface area contributed by atoms with Gasteiger partial charge in [0.2, 0.25) is 0 Å². The minimum atomic E-state index is -1.10. The van der Waals surface area contributed by atoms with Crippen LogP contribution in [0.2, 0.25) is 0 Å². The maximum absolute atomic E-state index is 12.9. The SMILES string of the molecule is COC(=O)[C@@H]1CC2=CC(=O)CC[C@]2(C)[C@H]2C=C[C@@]3(C)[C@@H](CC[C@]3(O)CCC(=O)O)[C@H]12. The lowest BCUT2D eigenvalue weighted by Crippen LogP contribution is -2.56. The van der Waals surface area contributed by atoms with Crippen LogP contribution < -0.4 is 0 Å². The second-order valence-electron chi connectivity index (χ2n) is 10.2. The van der Waals surface area contributed by atoms with Gasteiger partial charge in [0.05, 0.1) is 18.6 Å². The number of aliphatic carboxylic acids is 1. The van der Waals surface area contributed by atoms with E-state index in [0.717, 1.165) is 18.4 Å². The number of carboxylic acid groups (broad SMARTS) is 1. The van der Waals surface area contributed by atoms with Gasteiger partial charge in [-0.05, 0) is 61.3 Å². The van der Waals surface area contributed by atoms with Crippen molar-refractivity contribution in [2.45, 2.75) is 64.4 Å². The largest absolute Gasteiger partial charge is 0.481 e. The smallest absolute Gasteiger partial charge is 0.309 e. The summed E-state index contributed by atoms with van der Waals surface area (Å²) in [7, 11) is 1.40. The molecule has 0 aromatic heterocycles. The van der Waals surface area contributed by atoms with Crippen molar-refractivity contribution in [3.63, 3.8) is 0 Å². The molecule has 4 aliphatic rings. The highest BCUT2D eigenvalue weighted by molar-refractivity contribution is 5.92. The number of hydrogen-bond donors (Lipinski definition) is 2. The van der Waals surface area contributed by atoms with Crippen LogP contribution in [0.1, 0.15) is 58.8 Å². The van der Waals surface area contributed by atoms with Gasteiger partial charge in [-0.1, -0.05) is 31.6 Å². The van der Waals surface area contributed by atoms with Crippen LogP contribution >= 0.6 is 0 Å². The lowest BCUT2D eigenvalue weighted by Gasteiger charge is -2.58. The number of allylic oxidation sites excluding steroid dienone is 3. The van der Waals surface area contributed by atoms with Crippen LogP contribution in [0.15, 0.2) is 23.8 Å². The molecule has 6 nitrogen and oxygen atoms in total. The zero-order valence-electron chi connectivity index (χ0n) is 18.0. The molecule has 164 valence electrons. The topological polar surface area (TPSA) is 101 Å². The highest BCUT2D eigenvalue weighted by Gasteiger charge is 2.64. The normalized spacial score (nSPS) is 44.5. The van der Waals surface area contributed by atoms with E-state index >= 15 is 0 Å². The average molecular weight is 417 g/mol. The Kier molecular flexibility index (Phi) is 5.00. The van der Waals surface area contributed by atoms with Crippen molar-refractivity contribution in [2.24, 2.45) is 34.5 Å². The van der Waals surface area contributed by atoms with E-state index in [1.54, 1.807) is 6.08 Å². The molecule has 2 saturated carbocycles. The summed E-state index contributed by atoms with van der Waals surface area (Å²) in [5.74, 6) is -1.25. The molecule has 0 saturated heterocycles. The summed E-state index contributed by atoms with van der Waals surface area (Å²) in [5, 5.41) is 20.7. The fraction of sp³-hybridized carbons (Fsp3) is 0.708. The Hall–Kier alpha value is -1.95. The molecule has 6 heteroatoms. The standard InChI is InChI=1S/C24H32O6/c1-22-8-4-15(25)12-14(22)13-16(21(28)30-3)20-17(22)5-9-23(2)18(20)6-10-24(23,29)11-7-19(26)27/h5,9,12,16-18,20,29H,4,6-8,10-11,13H2,1-3H3,(H,26,27)/t16-,17+,18+,20-,22+,23+,24+/m1/s1. The number of methoxy groups -OCH3 is 1. The first-order chi connectivity index (χ1) is 14.1. The van der Waals surface area contributed by atoms with Crippen molar-refractivity contribution in [3.05, 3.63) is 23.8 Å². The molecule has 0 spiro atoms. The number of carbonyl (C=O) groups excluding carboxylic acids is 2. The van der Waals surface area contributed by atoms with E-state index in [1.807, 2.05) is 6.92 Å². The maximum atomic E-state index is 12.9. The highest BCUT2D eigenvalue weighted by Crippen LogP contribution is 2.67. The van der Waals surface area contributed by atoms with Gasteiger partial charge in [-0.15, -0.1) is 0 Å². The molecule has 4 aliphatic carbocycles. The number of hydrogen-bond acceptors (Lipinski definition) is 5. The van der Waals surface area contributed by atoms with Crippen LogP contribution in [0.25, 0.3) is 0 Å². The second kappa shape index (κ2) is 7.04. The third-order valence-corrected chi connectivity index (χ3v) is 9.03. The van der Waals surface area contributed by atoms with Crippen molar-refractivity contribution in [3.8, 4) is 0 Å². The molecule has 0 amide bonds. The fourth-order valence-corrected chi connectivity index (χ4v) is 7.15. The molecule has 2 N–H and O–H groups in total. The van der Waals surface area contributed by atoms with Gasteiger partial charge in [-0.3, -0.25) is 14.4 Å². The Morgan fingerprint density at radius 1 is 1.27 bits per heavy atom. The second-order valence-corrected chi connectivity index (χ2v) is 10.2. The quantitative estimate of drug-likeness (QED) is 0.539. The van der Waals surface area contributed by atoms with Gasteiger partial charge in [0.25, 0.3) is 0 Å². The Morgan fingerprint density at radius 2 is 2.00 bits per heavy atom. The van der Waals surface area contributed by atoms with Crippen LogP contribution in [-0.4, -0.2) is 40.6 Å². The summed E-state index contributed by atoms with van der Waals surface area (Å²) in [4.78, 5) is 36.1. The highest BCUT2D eigenvalue weighted by atomic mass is 16.5. The molecule has 0 heterocycles. The van der Waals surface area contributed by atoms with E-state index in [2.05, 4.69) is 19.1 Å². The molecule has 0 aromatic carbocycles. The van der Waals surface area contributed by atoms with Gasteiger partial charge in [0, 0.05) is 18.3 Å². The predicted octanol–water partition coefficient (Wildman–Crippen LogP) is 3.29. The molecular weight excluding hydrogens is 384 g/mol. The van der Waals surface area contributed by atoms with Crippen molar-refractivity contribution in [2.75, 3.05) is 7.11 Å². The van der Waals surface area contributed by atoms with E-state index in [4.69, 9.17) is 9.84 Å². The van der Waals surface area contributed by atoms with Crippen LogP contribution in [0.3, 0.4) is 0 Å². The van der Waals surface area contributed by atoms with E-state index in [9.17, 15) is 19.5 Å². The fourth-order valence-electron chi connectivity index (χ4n) is 7.15. The zero-order chi connectivity index (χ0) is 21.9. The number of esters is 1. The lowest BCUT2D eigenvalue weighted by molar-refractivity contribution is -0.155. The third-order valence-electron chi connectivity index (χ3n) is 9.03. The van der Waals surface area contributed by atoms with Crippen LogP contribution in [0.4, 0.5) is 0 Å². The summed E-state index contributed by atoms with van der Waals surface area (Å²) < 4.78 is 5.18. The van der Waals surface area contributed by atoms with Crippen molar-refractivity contribution < 1.29 is 29.3 Å². The van der Waals surface area contributed by atoms with Crippen molar-refractivity contribution in [1.82, 2.24) is 0 Å². The number of aliphatic hydroxyl groups is 1. The van der Waals surface area contributed by atoms with Gasteiger partial charge in [0.1, 0.15) is 0 Å². The first-order valence-corrected chi connectivity index (χ1v) is 11.0. The Labute approximate surface area is 177 Å². The van der Waals surface area contributed by atoms with Gasteiger partial charge >= 0.3 is 11.9 Å². The zero-order valence-corrected chi connectivity index (χ0v) is 18.0. The molecule has 30 heavy (non-hydrogen) atoms. The molecule has 0 unspecified atom stereocenters. The molecule has 0 bridgehead atoms. The monoisotopic (exact) mass is 416 g/mol. The van der Waals surface area contributed by atoms with Crippen LogP contribution in [-0.2, 0) is 19.1 Å². The number of carboxylic acids is 1. The maximum Gasteiger partial charge on any atom is 0.309 e. The number of fused-ring (bicyclic) bond motifs is 5. The Morgan fingerprint density at radius 3 is 2.67 bits per heavy atom. The number of rotatable bonds is 4. The summed E-state index contributed by atoms with van der Waals surface area (Å²) in [6.07, 6.45) is 9.20. The molecule has 2 fully saturated rings. The van der Waals surface area contributed by atoms with E-state index in [0.29, 0.717) is 19.3 Å². The number of ether oxygens (including phenoxy) is 1. The lowest BCUT2D eigenvalue weighted by atomic mass is 9.46. The molecular formula is C24H32O6. The van der Waals surface area contributed by atoms with E-state index < -0.39 is 17.0 Å². The molecule has 0 aliphatic heterocycles. The summed E-state index contributed by atoms with van der Waals surface area (Å²) >= 11 is 0. The number of ketones is 1.